The predicted molar refractivity (Wildman–Crippen MR) is 76.0 cm³/mol. The number of carbonyl (C=O) groups excluding carboxylic acids is 1. The molecule has 0 aliphatic heterocycles. The van der Waals surface area contributed by atoms with Gasteiger partial charge in [-0.05, 0) is 5.56 Å². The highest BCUT2D eigenvalue weighted by molar-refractivity contribution is 6.02. The van der Waals surface area contributed by atoms with Gasteiger partial charge in [0.1, 0.15) is 0 Å². The number of aliphatic hydroxyl groups is 1. The third kappa shape index (κ3) is 2.76. The van der Waals surface area contributed by atoms with Gasteiger partial charge >= 0.3 is 0 Å². The molecule has 2 rings (SSSR count). The Balaban J connectivity index is 2.43. The zero-order valence-electron chi connectivity index (χ0n) is 11.0. The van der Waals surface area contributed by atoms with Crippen molar-refractivity contribution >= 4 is 5.78 Å². The number of benzene rings is 2. The minimum absolute atomic E-state index is 0.0846. The number of hydrogen-bond donors (Lipinski definition) is 1. The summed E-state index contributed by atoms with van der Waals surface area (Å²) in [5.41, 5.74) is -0.695. The molecule has 0 spiro atoms. The Labute approximate surface area is 118 Å². The minimum Gasteiger partial charge on any atom is -0.377 e. The third-order valence-electron chi connectivity index (χ3n) is 3.26. The average molecular weight is 265 g/mol. The molecular weight excluding hydrogens is 250 g/mol. The van der Waals surface area contributed by atoms with Gasteiger partial charge < -0.3 is 5.11 Å². The van der Waals surface area contributed by atoms with Crippen molar-refractivity contribution in [2.45, 2.75) is 18.4 Å². The highest BCUT2D eigenvalue weighted by Crippen LogP contribution is 2.30. The molecule has 0 saturated heterocycles. The first-order valence-corrected chi connectivity index (χ1v) is 6.43. The first kappa shape index (κ1) is 14.0. The van der Waals surface area contributed by atoms with Crippen LogP contribution in [0.1, 0.15) is 28.8 Å². The van der Waals surface area contributed by atoms with Gasteiger partial charge in [-0.3, -0.25) is 4.79 Å². The van der Waals surface area contributed by atoms with Crippen molar-refractivity contribution in [2.24, 2.45) is 0 Å². The van der Waals surface area contributed by atoms with Crippen LogP contribution in [0, 0.1) is 11.3 Å². The number of nitrogens with zero attached hydrogens (tertiary/aromatic N) is 1. The van der Waals surface area contributed by atoms with Crippen LogP contribution in [0.5, 0.6) is 0 Å². The summed E-state index contributed by atoms with van der Waals surface area (Å²) in [6.07, 6.45) is 0.200. The van der Waals surface area contributed by atoms with E-state index in [0.29, 0.717) is 11.1 Å². The maximum absolute atomic E-state index is 12.6. The summed E-state index contributed by atoms with van der Waals surface area (Å²) in [6, 6.07) is 19.4. The van der Waals surface area contributed by atoms with Crippen LogP contribution in [-0.4, -0.2) is 10.9 Å². The molecule has 1 unspecified atom stereocenters. The molecule has 1 atom stereocenters. The summed E-state index contributed by atoms with van der Waals surface area (Å²) in [5, 5.41) is 19.6. The topological polar surface area (TPSA) is 61.1 Å². The summed E-state index contributed by atoms with van der Waals surface area (Å²) < 4.78 is 0. The van der Waals surface area contributed by atoms with Crippen molar-refractivity contribution in [2.75, 3.05) is 0 Å². The number of Topliss-reactive ketones (excluding diaryl/α,β-unsaturated/α-hetero) is 1. The molecule has 3 heteroatoms. The number of rotatable bonds is 5. The fourth-order valence-electron chi connectivity index (χ4n) is 2.17. The van der Waals surface area contributed by atoms with Gasteiger partial charge in [-0.15, -0.1) is 0 Å². The Kier molecular flexibility index (Phi) is 4.29. The van der Waals surface area contributed by atoms with Gasteiger partial charge in [0.25, 0.3) is 0 Å². The van der Waals surface area contributed by atoms with Gasteiger partial charge in [0.05, 0.1) is 6.07 Å². The van der Waals surface area contributed by atoms with Gasteiger partial charge in [0.15, 0.2) is 11.4 Å². The molecule has 2 aromatic rings. The first-order valence-electron chi connectivity index (χ1n) is 6.43. The van der Waals surface area contributed by atoms with Crippen molar-refractivity contribution in [3.63, 3.8) is 0 Å². The molecule has 2 aromatic carbocycles. The van der Waals surface area contributed by atoms with Crippen LogP contribution in [0.4, 0.5) is 0 Å². The average Bonchev–Trinajstić information content (AvgIpc) is 2.53. The molecular formula is C17H15NO2. The maximum atomic E-state index is 12.6. The van der Waals surface area contributed by atoms with Gasteiger partial charge in [0, 0.05) is 18.4 Å². The van der Waals surface area contributed by atoms with E-state index in [1.807, 2.05) is 18.2 Å². The Morgan fingerprint density at radius 2 is 1.60 bits per heavy atom. The molecule has 0 heterocycles. The van der Waals surface area contributed by atoms with Crippen molar-refractivity contribution in [3.8, 4) is 6.07 Å². The van der Waals surface area contributed by atoms with Gasteiger partial charge in [-0.25, -0.2) is 0 Å². The second-order valence-electron chi connectivity index (χ2n) is 4.58. The summed E-state index contributed by atoms with van der Waals surface area (Å²) in [4.78, 5) is 12.6. The second-order valence-corrected chi connectivity index (χ2v) is 4.58. The van der Waals surface area contributed by atoms with Crippen LogP contribution >= 0.6 is 0 Å². The van der Waals surface area contributed by atoms with Crippen LogP contribution in [0.25, 0.3) is 0 Å². The van der Waals surface area contributed by atoms with Crippen LogP contribution < -0.4 is 0 Å². The van der Waals surface area contributed by atoms with Gasteiger partial charge in [-0.2, -0.15) is 5.26 Å². The highest BCUT2D eigenvalue weighted by Gasteiger charge is 2.37. The lowest BCUT2D eigenvalue weighted by Gasteiger charge is -2.26. The monoisotopic (exact) mass is 265 g/mol. The van der Waals surface area contributed by atoms with Gasteiger partial charge in [0.2, 0.25) is 0 Å². The van der Waals surface area contributed by atoms with Crippen LogP contribution in [0.2, 0.25) is 0 Å². The standard InChI is InChI=1S/C17H15NO2/c18-13-7-12-17(20,15-10-5-2-6-11-15)16(19)14-8-3-1-4-9-14/h1-6,8-11,20H,7,12H2. The normalized spacial score (nSPS) is 13.2. The molecule has 0 aliphatic rings. The van der Waals surface area contributed by atoms with E-state index in [1.165, 1.54) is 0 Å². The molecule has 0 amide bonds. The highest BCUT2D eigenvalue weighted by atomic mass is 16.3. The van der Waals surface area contributed by atoms with E-state index >= 15 is 0 Å². The Morgan fingerprint density at radius 1 is 1.05 bits per heavy atom. The van der Waals surface area contributed by atoms with Crippen molar-refractivity contribution in [3.05, 3.63) is 71.8 Å². The van der Waals surface area contributed by atoms with E-state index in [0.717, 1.165) is 0 Å². The molecule has 0 radical (unpaired) electrons. The lowest BCUT2D eigenvalue weighted by molar-refractivity contribution is 0.0258. The van der Waals surface area contributed by atoms with Crippen LogP contribution in [0.15, 0.2) is 60.7 Å². The minimum atomic E-state index is -1.65. The Bertz CT molecular complexity index is 616. The summed E-state index contributed by atoms with van der Waals surface area (Å²) in [7, 11) is 0. The molecule has 0 aliphatic carbocycles. The van der Waals surface area contributed by atoms with E-state index in [4.69, 9.17) is 5.26 Å². The third-order valence-corrected chi connectivity index (χ3v) is 3.26. The first-order chi connectivity index (χ1) is 9.68. The fraction of sp³-hybridized carbons (Fsp3) is 0.176. The Hall–Kier alpha value is -2.44. The van der Waals surface area contributed by atoms with Gasteiger partial charge in [-0.1, -0.05) is 60.7 Å². The second kappa shape index (κ2) is 6.14. The molecule has 3 nitrogen and oxygen atoms in total. The van der Waals surface area contributed by atoms with Crippen molar-refractivity contribution < 1.29 is 9.90 Å². The molecule has 0 bridgehead atoms. The van der Waals surface area contributed by atoms with Crippen LogP contribution in [-0.2, 0) is 5.60 Å². The zero-order chi connectivity index (χ0) is 14.4. The van der Waals surface area contributed by atoms with E-state index in [9.17, 15) is 9.90 Å². The number of nitriles is 1. The lowest BCUT2D eigenvalue weighted by Crippen LogP contribution is -2.35. The maximum Gasteiger partial charge on any atom is 0.198 e. The molecule has 100 valence electrons. The van der Waals surface area contributed by atoms with E-state index < -0.39 is 5.60 Å². The van der Waals surface area contributed by atoms with E-state index in [1.54, 1.807) is 48.5 Å². The van der Waals surface area contributed by atoms with Crippen molar-refractivity contribution in [1.82, 2.24) is 0 Å². The summed E-state index contributed by atoms with van der Waals surface area (Å²) >= 11 is 0. The number of hydrogen-bond acceptors (Lipinski definition) is 3. The smallest absolute Gasteiger partial charge is 0.198 e. The molecule has 0 aromatic heterocycles. The molecule has 0 saturated carbocycles. The van der Waals surface area contributed by atoms with E-state index in [2.05, 4.69) is 0 Å². The Morgan fingerprint density at radius 3 is 2.15 bits per heavy atom. The van der Waals surface area contributed by atoms with Crippen molar-refractivity contribution in [1.29, 1.82) is 5.26 Å². The molecule has 0 fully saturated rings. The largest absolute Gasteiger partial charge is 0.377 e. The lowest BCUT2D eigenvalue weighted by atomic mass is 9.82. The van der Waals surface area contributed by atoms with Crippen LogP contribution in [0.3, 0.4) is 0 Å². The number of ketones is 1. The van der Waals surface area contributed by atoms with E-state index in [-0.39, 0.29) is 18.6 Å². The fourth-order valence-corrected chi connectivity index (χ4v) is 2.17. The molecule has 1 N–H and O–H groups in total. The molecule has 20 heavy (non-hydrogen) atoms. The summed E-state index contributed by atoms with van der Waals surface area (Å²) in [6.45, 7) is 0. The zero-order valence-corrected chi connectivity index (χ0v) is 11.0. The number of carbonyl (C=O) groups is 1. The quantitative estimate of drug-likeness (QED) is 0.845. The summed E-state index contributed by atoms with van der Waals surface area (Å²) in [5.74, 6) is -0.375. The predicted octanol–water partition coefficient (Wildman–Crippen LogP) is 3.06. The SMILES string of the molecule is N#CCCC(O)(C(=O)c1ccccc1)c1ccccc1.